The zero-order valence-electron chi connectivity index (χ0n) is 24.0. The molecule has 220 valence electrons. The molecule has 2 N–H and O–H groups in total. The van der Waals surface area contributed by atoms with Crippen molar-refractivity contribution in [2.75, 3.05) is 39.8 Å². The van der Waals surface area contributed by atoms with E-state index in [1.54, 1.807) is 16.7 Å². The topological polar surface area (TPSA) is 101 Å². The molecule has 4 fully saturated rings. The van der Waals surface area contributed by atoms with Crippen molar-refractivity contribution in [3.05, 3.63) is 42.5 Å². The molecule has 7 atom stereocenters. The molecule has 1 amide bonds. The molecule has 1 spiro atoms. The first-order chi connectivity index (χ1) is 19.9. The lowest BCUT2D eigenvalue weighted by atomic mass is 9.72. The van der Waals surface area contributed by atoms with E-state index >= 15 is 0 Å². The Morgan fingerprint density at radius 3 is 2.85 bits per heavy atom. The van der Waals surface area contributed by atoms with Gasteiger partial charge in [0.2, 0.25) is 5.91 Å². The van der Waals surface area contributed by atoms with Gasteiger partial charge in [-0.15, -0.1) is 11.8 Å². The maximum Gasteiger partial charge on any atom is 0.246 e. The zero-order chi connectivity index (χ0) is 28.6. The van der Waals surface area contributed by atoms with Gasteiger partial charge in [-0.1, -0.05) is 24.8 Å². The number of carbonyl (C=O) groups is 2. The van der Waals surface area contributed by atoms with Crippen molar-refractivity contribution in [2.24, 2.45) is 5.92 Å². The third-order valence-electron chi connectivity index (χ3n) is 9.99. The Balaban J connectivity index is 1.24. The summed E-state index contributed by atoms with van der Waals surface area (Å²) in [6.45, 7) is 7.12. The molecule has 0 bridgehead atoms. The van der Waals surface area contributed by atoms with Crippen LogP contribution >= 0.6 is 11.8 Å². The number of Topliss-reactive ketones (excluding diaryl/α,β-unsaturated/α-hetero) is 1. The largest absolute Gasteiger partial charge is 0.348 e. The van der Waals surface area contributed by atoms with Crippen LogP contribution in [-0.2, 0) is 20.7 Å². The predicted molar refractivity (Wildman–Crippen MR) is 158 cm³/mol. The van der Waals surface area contributed by atoms with Crippen LogP contribution in [-0.4, -0.2) is 102 Å². The van der Waals surface area contributed by atoms with E-state index in [-0.39, 0.29) is 36.5 Å². The van der Waals surface area contributed by atoms with Crippen LogP contribution in [0.1, 0.15) is 44.1 Å². The third-order valence-corrected chi connectivity index (χ3v) is 11.6. The first-order valence-corrected chi connectivity index (χ1v) is 15.9. The molecule has 6 unspecified atom stereocenters. The monoisotopic (exact) mass is 578 g/mol. The number of nitrogens with one attached hydrogen (secondary N) is 2. The predicted octanol–water partition coefficient (Wildman–Crippen LogP) is 2.34. The van der Waals surface area contributed by atoms with E-state index in [9.17, 15) is 14.9 Å². The van der Waals surface area contributed by atoms with Gasteiger partial charge in [0.05, 0.1) is 42.1 Å². The van der Waals surface area contributed by atoms with Crippen LogP contribution in [0.15, 0.2) is 41.8 Å². The maximum atomic E-state index is 14.5. The average Bonchev–Trinajstić information content (AvgIpc) is 3.42. The number of hydrogen-bond acceptors (Lipinski definition) is 9. The van der Waals surface area contributed by atoms with Crippen LogP contribution in [0.5, 0.6) is 0 Å². The number of likely N-dealkylation sites (tertiary alicyclic amines) is 1. The Labute approximate surface area is 247 Å². The van der Waals surface area contributed by atoms with Crippen LogP contribution in [0.25, 0.3) is 0 Å². The maximum absolute atomic E-state index is 14.5. The fourth-order valence-electron chi connectivity index (χ4n) is 7.64. The molecule has 6 rings (SSSR count). The minimum Gasteiger partial charge on any atom is -0.348 e. The number of amides is 1. The molecule has 4 heterocycles. The lowest BCUT2D eigenvalue weighted by molar-refractivity contribution is -0.145. The Hall–Kier alpha value is -2.26. The van der Waals surface area contributed by atoms with Crippen molar-refractivity contribution in [1.29, 1.82) is 5.26 Å². The molecule has 41 heavy (non-hydrogen) atoms. The number of ether oxygens (including phenoxy) is 1. The highest BCUT2D eigenvalue weighted by atomic mass is 32.2. The fraction of sp³-hybridized carbons (Fsp3) is 0.645. The summed E-state index contributed by atoms with van der Waals surface area (Å²) < 4.78 is 6.04. The molecule has 0 aromatic heterocycles. The molecule has 4 aliphatic heterocycles. The van der Waals surface area contributed by atoms with E-state index in [0.717, 1.165) is 38.6 Å². The summed E-state index contributed by atoms with van der Waals surface area (Å²) in [5.41, 5.74) is 1.34. The SMILES string of the molecule is C=CC(=O)N1CCN(C2NC(OCC3CCCN3C)NC3C(=O)[C@]4(CCc5ccccc5S4)CCC32)CC1CC#N. The second kappa shape index (κ2) is 12.2. The summed E-state index contributed by atoms with van der Waals surface area (Å²) in [6, 6.07) is 10.6. The molecule has 1 aliphatic carbocycles. The molecule has 1 aromatic rings. The van der Waals surface area contributed by atoms with Gasteiger partial charge in [0.25, 0.3) is 0 Å². The van der Waals surface area contributed by atoms with Gasteiger partial charge in [0, 0.05) is 36.5 Å². The van der Waals surface area contributed by atoms with Crippen molar-refractivity contribution in [3.63, 3.8) is 0 Å². The summed E-state index contributed by atoms with van der Waals surface area (Å²) >= 11 is 1.77. The molecule has 1 saturated carbocycles. The Bertz CT molecular complexity index is 1210. The first-order valence-electron chi connectivity index (χ1n) is 15.1. The van der Waals surface area contributed by atoms with Crippen LogP contribution in [0, 0.1) is 17.2 Å². The highest BCUT2D eigenvalue weighted by Crippen LogP contribution is 2.51. The molecule has 5 aliphatic rings. The molecule has 1 aromatic carbocycles. The summed E-state index contributed by atoms with van der Waals surface area (Å²) in [5.74, 6) is 0.233. The number of carbonyl (C=O) groups excluding carboxylic acids is 2. The van der Waals surface area contributed by atoms with Crippen molar-refractivity contribution in [1.82, 2.24) is 25.3 Å². The van der Waals surface area contributed by atoms with Crippen molar-refractivity contribution in [3.8, 4) is 6.07 Å². The smallest absolute Gasteiger partial charge is 0.246 e. The number of rotatable bonds is 6. The normalized spacial score (nSPS) is 36.0. The lowest BCUT2D eigenvalue weighted by Gasteiger charge is -2.55. The van der Waals surface area contributed by atoms with E-state index in [1.165, 1.54) is 23.0 Å². The van der Waals surface area contributed by atoms with Crippen molar-refractivity contribution in [2.45, 2.75) is 85.2 Å². The Morgan fingerprint density at radius 2 is 2.07 bits per heavy atom. The first kappa shape index (κ1) is 28.8. The summed E-state index contributed by atoms with van der Waals surface area (Å²) in [4.78, 5) is 34.7. The van der Waals surface area contributed by atoms with Crippen LogP contribution in [0.2, 0.25) is 0 Å². The third kappa shape index (κ3) is 5.61. The minimum absolute atomic E-state index is 0.0734. The number of likely N-dealkylation sites (N-methyl/N-ethyl adjacent to an activating group) is 1. The quantitative estimate of drug-likeness (QED) is 0.493. The van der Waals surface area contributed by atoms with Crippen LogP contribution in [0.3, 0.4) is 0 Å². The zero-order valence-corrected chi connectivity index (χ0v) is 24.8. The van der Waals surface area contributed by atoms with Gasteiger partial charge in [-0.3, -0.25) is 25.1 Å². The van der Waals surface area contributed by atoms with Gasteiger partial charge in [0.1, 0.15) is 0 Å². The summed E-state index contributed by atoms with van der Waals surface area (Å²) in [6.07, 6.45) is 6.92. The van der Waals surface area contributed by atoms with E-state index < -0.39 is 11.1 Å². The van der Waals surface area contributed by atoms with Crippen molar-refractivity contribution < 1.29 is 14.3 Å². The second-order valence-electron chi connectivity index (χ2n) is 12.3. The number of benzene rings is 1. The highest BCUT2D eigenvalue weighted by Gasteiger charge is 2.55. The number of aryl methyl sites for hydroxylation is 1. The number of hydrogen-bond donors (Lipinski definition) is 2. The highest BCUT2D eigenvalue weighted by molar-refractivity contribution is 8.01. The average molecular weight is 579 g/mol. The summed E-state index contributed by atoms with van der Waals surface area (Å²) in [5, 5.41) is 16.9. The van der Waals surface area contributed by atoms with Gasteiger partial charge in [-0.05, 0) is 69.8 Å². The van der Waals surface area contributed by atoms with Crippen molar-refractivity contribution >= 4 is 23.5 Å². The standard InChI is InChI=1S/C31H42N6O3S/c1-3-26(38)37-18-17-36(19-22(37)12-15-32)29-24-11-14-31(13-10-21-7-4-5-9-25(21)41-31)28(39)27(24)33-30(34-29)40-20-23-8-6-16-35(23)2/h3-5,7,9,22-24,27,29-30,33-34H,1,6,8,10-14,16-20H2,2H3/t22?,23?,24?,27?,29?,30?,31-/m0/s1. The van der Waals surface area contributed by atoms with Gasteiger partial charge in [0.15, 0.2) is 12.1 Å². The van der Waals surface area contributed by atoms with E-state index in [4.69, 9.17) is 4.74 Å². The molecule has 9 nitrogen and oxygen atoms in total. The van der Waals surface area contributed by atoms with Crippen LogP contribution in [0.4, 0.5) is 0 Å². The number of fused-ring (bicyclic) bond motifs is 2. The molecule has 10 heteroatoms. The summed E-state index contributed by atoms with van der Waals surface area (Å²) in [7, 11) is 2.15. The second-order valence-corrected chi connectivity index (χ2v) is 13.7. The lowest BCUT2D eigenvalue weighted by Crippen LogP contribution is -2.75. The molecule has 0 radical (unpaired) electrons. The van der Waals surface area contributed by atoms with Crippen LogP contribution < -0.4 is 10.6 Å². The number of piperazine rings is 1. The number of nitrogens with zero attached hydrogens (tertiary/aromatic N) is 4. The molecular formula is C31H42N6O3S. The Kier molecular flexibility index (Phi) is 8.55. The van der Waals surface area contributed by atoms with E-state index in [2.05, 4.69) is 64.4 Å². The number of thioether (sulfide) groups is 1. The molecular weight excluding hydrogens is 536 g/mol. The minimum atomic E-state index is -0.447. The van der Waals surface area contributed by atoms with Gasteiger partial charge >= 0.3 is 0 Å². The van der Waals surface area contributed by atoms with E-state index in [1.807, 2.05) is 0 Å². The Morgan fingerprint density at radius 1 is 1.22 bits per heavy atom. The molecule has 3 saturated heterocycles. The fourth-order valence-corrected chi connectivity index (χ4v) is 9.16. The number of ketones is 1. The van der Waals surface area contributed by atoms with E-state index in [0.29, 0.717) is 38.1 Å². The van der Waals surface area contributed by atoms with Gasteiger partial charge < -0.3 is 14.5 Å². The number of nitriles is 1. The van der Waals surface area contributed by atoms with Gasteiger partial charge in [-0.2, -0.15) is 5.26 Å². The van der Waals surface area contributed by atoms with Gasteiger partial charge in [-0.25, -0.2) is 0 Å².